The van der Waals surface area contributed by atoms with Crippen LogP contribution in [0.25, 0.3) is 11.1 Å². The van der Waals surface area contributed by atoms with Crippen molar-refractivity contribution in [2.75, 3.05) is 18.6 Å². The third-order valence-electron chi connectivity index (χ3n) is 6.17. The molecule has 4 rings (SSSR count). The molecule has 0 saturated carbocycles. The number of ether oxygens (including phenoxy) is 1. The summed E-state index contributed by atoms with van der Waals surface area (Å²) < 4.78 is 5.55. The van der Waals surface area contributed by atoms with E-state index in [1.165, 1.54) is 18.0 Å². The van der Waals surface area contributed by atoms with Crippen molar-refractivity contribution in [2.45, 2.75) is 25.3 Å². The van der Waals surface area contributed by atoms with Crippen molar-refractivity contribution < 1.29 is 24.2 Å². The zero-order valence-electron chi connectivity index (χ0n) is 19.0. The fourth-order valence-corrected chi connectivity index (χ4v) is 4.42. The van der Waals surface area contributed by atoms with Crippen molar-refractivity contribution in [3.8, 4) is 11.1 Å². The number of carbonyl (C=O) groups excluding carboxylic acids is 2. The second-order valence-electron chi connectivity index (χ2n) is 8.15. The van der Waals surface area contributed by atoms with E-state index in [0.717, 1.165) is 22.3 Å². The number of carboxylic acids is 1. The van der Waals surface area contributed by atoms with E-state index >= 15 is 0 Å². The van der Waals surface area contributed by atoms with Gasteiger partial charge >= 0.3 is 12.1 Å². The first-order valence-corrected chi connectivity index (χ1v) is 11.1. The largest absolute Gasteiger partial charge is 0.478 e. The number of nitrogens with one attached hydrogen (secondary N) is 1. The Bertz CT molecular complexity index is 1190. The molecule has 1 aliphatic carbocycles. The lowest BCUT2D eigenvalue weighted by Gasteiger charge is -2.25. The normalized spacial score (nSPS) is 12.9. The molecule has 7 nitrogen and oxygen atoms in total. The van der Waals surface area contributed by atoms with Crippen molar-refractivity contribution in [2.24, 2.45) is 0 Å². The molecule has 0 bridgehead atoms. The number of fused-ring (bicyclic) bond motifs is 3. The lowest BCUT2D eigenvalue weighted by Crippen LogP contribution is -2.47. The Hall–Kier alpha value is -4.13. The van der Waals surface area contributed by atoms with Crippen LogP contribution in [-0.4, -0.2) is 42.8 Å². The van der Waals surface area contributed by atoms with Crippen molar-refractivity contribution in [3.63, 3.8) is 0 Å². The van der Waals surface area contributed by atoms with Gasteiger partial charge in [-0.15, -0.1) is 0 Å². The zero-order chi connectivity index (χ0) is 24.2. The van der Waals surface area contributed by atoms with Crippen LogP contribution in [0.15, 0.2) is 72.8 Å². The fourth-order valence-electron chi connectivity index (χ4n) is 4.42. The fraction of sp³-hybridized carbons (Fsp3) is 0.222. The van der Waals surface area contributed by atoms with E-state index in [9.17, 15) is 19.5 Å². The minimum Gasteiger partial charge on any atom is -0.478 e. The summed E-state index contributed by atoms with van der Waals surface area (Å²) in [6.07, 6.45) is -0.371. The number of aromatic carboxylic acids is 1. The molecule has 1 aliphatic rings. The molecule has 3 aromatic carbocycles. The Morgan fingerprint density at radius 2 is 1.50 bits per heavy atom. The highest BCUT2D eigenvalue weighted by Crippen LogP contribution is 2.44. The Morgan fingerprint density at radius 1 is 0.941 bits per heavy atom. The number of anilines is 1. The van der Waals surface area contributed by atoms with Crippen LogP contribution in [0.3, 0.4) is 0 Å². The van der Waals surface area contributed by atoms with Crippen LogP contribution in [0.5, 0.6) is 0 Å². The van der Waals surface area contributed by atoms with Crippen molar-refractivity contribution in [3.05, 3.63) is 89.5 Å². The van der Waals surface area contributed by atoms with E-state index in [-0.39, 0.29) is 23.8 Å². The summed E-state index contributed by atoms with van der Waals surface area (Å²) in [5, 5.41) is 12.1. The van der Waals surface area contributed by atoms with Crippen LogP contribution in [0.4, 0.5) is 10.5 Å². The Balaban J connectivity index is 1.44. The molecule has 0 fully saturated rings. The van der Waals surface area contributed by atoms with E-state index in [2.05, 4.69) is 17.4 Å². The minimum atomic E-state index is -1.13. The molecule has 0 spiro atoms. The smallest absolute Gasteiger partial charge is 0.407 e. The molecular weight excluding hydrogens is 432 g/mol. The quantitative estimate of drug-likeness (QED) is 0.537. The third-order valence-corrected chi connectivity index (χ3v) is 6.17. The molecule has 0 saturated heterocycles. The molecule has 1 unspecified atom stereocenters. The molecule has 174 valence electrons. The highest BCUT2D eigenvalue weighted by atomic mass is 16.5. The molecule has 0 heterocycles. The number of hydrogen-bond donors (Lipinski definition) is 2. The number of benzene rings is 3. The van der Waals surface area contributed by atoms with Gasteiger partial charge in [0.1, 0.15) is 12.6 Å². The van der Waals surface area contributed by atoms with E-state index < -0.39 is 24.0 Å². The Morgan fingerprint density at radius 3 is 2.09 bits per heavy atom. The molecule has 3 aromatic rings. The van der Waals surface area contributed by atoms with Gasteiger partial charge in [0.15, 0.2) is 0 Å². The highest BCUT2D eigenvalue weighted by Gasteiger charge is 2.30. The maximum Gasteiger partial charge on any atom is 0.407 e. The summed E-state index contributed by atoms with van der Waals surface area (Å²) in [5.41, 5.74) is 4.73. The summed E-state index contributed by atoms with van der Waals surface area (Å²) in [5.74, 6) is -1.64. The van der Waals surface area contributed by atoms with Gasteiger partial charge in [-0.2, -0.15) is 0 Å². The van der Waals surface area contributed by atoms with Gasteiger partial charge in [0.2, 0.25) is 5.91 Å². The average molecular weight is 459 g/mol. The molecule has 0 aromatic heterocycles. The van der Waals surface area contributed by atoms with Gasteiger partial charge in [-0.1, -0.05) is 67.6 Å². The highest BCUT2D eigenvalue weighted by molar-refractivity contribution is 6.04. The maximum atomic E-state index is 13.0. The molecule has 1 atom stereocenters. The van der Waals surface area contributed by atoms with Crippen LogP contribution >= 0.6 is 0 Å². The molecule has 0 aliphatic heterocycles. The molecule has 2 amide bonds. The molecular formula is C27H26N2O5. The molecule has 34 heavy (non-hydrogen) atoms. The van der Waals surface area contributed by atoms with E-state index in [4.69, 9.17) is 4.74 Å². The van der Waals surface area contributed by atoms with Crippen molar-refractivity contribution in [1.29, 1.82) is 0 Å². The number of likely N-dealkylation sites (N-methyl/N-ethyl adjacent to an activating group) is 1. The number of nitrogens with zero attached hydrogens (tertiary/aromatic N) is 1. The minimum absolute atomic E-state index is 0.00865. The predicted molar refractivity (Wildman–Crippen MR) is 129 cm³/mol. The topological polar surface area (TPSA) is 95.9 Å². The monoisotopic (exact) mass is 458 g/mol. The van der Waals surface area contributed by atoms with Gasteiger partial charge in [0.05, 0.1) is 11.3 Å². The van der Waals surface area contributed by atoms with Crippen LogP contribution in [0.1, 0.15) is 40.7 Å². The number of para-hydroxylation sites is 1. The van der Waals surface area contributed by atoms with E-state index in [1.807, 2.05) is 36.4 Å². The van der Waals surface area contributed by atoms with Gasteiger partial charge in [-0.25, -0.2) is 9.59 Å². The average Bonchev–Trinajstić information content (AvgIpc) is 3.18. The first kappa shape index (κ1) is 23.0. The van der Waals surface area contributed by atoms with Crippen molar-refractivity contribution in [1.82, 2.24) is 5.32 Å². The van der Waals surface area contributed by atoms with Crippen LogP contribution in [0.2, 0.25) is 0 Å². The number of alkyl carbamates (subject to hydrolysis) is 1. The number of carbonyl (C=O) groups is 3. The first-order chi connectivity index (χ1) is 16.4. The standard InChI is InChI=1S/C27H26N2O5/c1-3-23(25(30)29(2)24-15-9-8-14-21(24)26(31)32)28-27(33)34-16-22-19-12-6-4-10-17(19)18-11-5-7-13-20(18)22/h4-15,22-23H,3,16H2,1-2H3,(H,28,33)(H,31,32). The van der Waals surface area contributed by atoms with E-state index in [1.54, 1.807) is 25.1 Å². The van der Waals surface area contributed by atoms with Gasteiger partial charge in [-0.05, 0) is 40.8 Å². The molecule has 0 radical (unpaired) electrons. The van der Waals surface area contributed by atoms with Gasteiger partial charge in [0.25, 0.3) is 0 Å². The lowest BCUT2D eigenvalue weighted by molar-refractivity contribution is -0.120. The van der Waals surface area contributed by atoms with Crippen LogP contribution < -0.4 is 10.2 Å². The summed E-state index contributed by atoms with van der Waals surface area (Å²) in [6, 6.07) is 21.5. The predicted octanol–water partition coefficient (Wildman–Crippen LogP) is 4.66. The summed E-state index contributed by atoms with van der Waals surface area (Å²) in [6.45, 7) is 1.91. The van der Waals surface area contributed by atoms with Crippen molar-refractivity contribution >= 4 is 23.7 Å². The first-order valence-electron chi connectivity index (χ1n) is 11.1. The van der Waals surface area contributed by atoms with Gasteiger partial charge < -0.3 is 20.1 Å². The zero-order valence-corrected chi connectivity index (χ0v) is 19.0. The number of rotatable bonds is 7. The van der Waals surface area contributed by atoms with Crippen LogP contribution in [-0.2, 0) is 9.53 Å². The Kier molecular flexibility index (Phi) is 6.63. The second-order valence-corrected chi connectivity index (χ2v) is 8.15. The SMILES string of the molecule is CCC(NC(=O)OCC1c2ccccc2-c2ccccc21)C(=O)N(C)c1ccccc1C(=O)O. The Labute approximate surface area is 198 Å². The molecule has 7 heteroatoms. The van der Waals surface area contributed by atoms with Gasteiger partial charge in [0, 0.05) is 13.0 Å². The number of amides is 2. The third kappa shape index (κ3) is 4.37. The maximum absolute atomic E-state index is 13.0. The molecule has 2 N–H and O–H groups in total. The number of carboxylic acid groups (broad SMARTS) is 1. The second kappa shape index (κ2) is 9.79. The van der Waals surface area contributed by atoms with Gasteiger partial charge in [-0.3, -0.25) is 4.79 Å². The lowest BCUT2D eigenvalue weighted by atomic mass is 9.98. The summed E-state index contributed by atoms with van der Waals surface area (Å²) in [4.78, 5) is 38.4. The van der Waals surface area contributed by atoms with Crippen LogP contribution in [0, 0.1) is 0 Å². The number of hydrogen-bond acceptors (Lipinski definition) is 4. The summed E-state index contributed by atoms with van der Waals surface area (Å²) in [7, 11) is 1.49. The van der Waals surface area contributed by atoms with E-state index in [0.29, 0.717) is 6.42 Å². The summed E-state index contributed by atoms with van der Waals surface area (Å²) >= 11 is 0.